The van der Waals surface area contributed by atoms with Crippen LogP contribution in [0.2, 0.25) is 0 Å². The molecule has 1 aliphatic heterocycles. The van der Waals surface area contributed by atoms with Crippen molar-refractivity contribution in [3.63, 3.8) is 0 Å². The molecule has 0 spiro atoms. The monoisotopic (exact) mass is 199 g/mol. The molecule has 1 aromatic heterocycles. The quantitative estimate of drug-likeness (QED) is 0.764. The van der Waals surface area contributed by atoms with Crippen LogP contribution in [0.15, 0.2) is 30.3 Å². The Balaban J connectivity index is 2.14. The summed E-state index contributed by atoms with van der Waals surface area (Å²) in [6.07, 6.45) is 2.22. The standard InChI is InChI=1S/C12H13N3/c13-12-11(9-5-2-1-3-6-9)14-10-7-4-8-15(10)12/h1-3,5-6H,4,7-8,13H2. The lowest BCUT2D eigenvalue weighted by molar-refractivity contribution is 0.758. The van der Waals surface area contributed by atoms with Gasteiger partial charge < -0.3 is 10.3 Å². The normalized spacial score (nSPS) is 14.1. The van der Waals surface area contributed by atoms with E-state index >= 15 is 0 Å². The first kappa shape index (κ1) is 8.53. The molecular formula is C12H13N3. The highest BCUT2D eigenvalue weighted by molar-refractivity contribution is 5.71. The number of rotatable bonds is 1. The van der Waals surface area contributed by atoms with Crippen molar-refractivity contribution in [1.82, 2.24) is 9.55 Å². The van der Waals surface area contributed by atoms with Gasteiger partial charge in [-0.05, 0) is 6.42 Å². The molecule has 0 atom stereocenters. The Morgan fingerprint density at radius 3 is 2.73 bits per heavy atom. The van der Waals surface area contributed by atoms with Gasteiger partial charge in [0.05, 0.1) is 0 Å². The molecule has 0 unspecified atom stereocenters. The molecule has 0 amide bonds. The van der Waals surface area contributed by atoms with Crippen LogP contribution in [-0.2, 0) is 13.0 Å². The lowest BCUT2D eigenvalue weighted by Gasteiger charge is -2.01. The van der Waals surface area contributed by atoms with Gasteiger partial charge in [-0.25, -0.2) is 4.98 Å². The second-order valence-electron chi connectivity index (χ2n) is 3.88. The summed E-state index contributed by atoms with van der Waals surface area (Å²) in [5.41, 5.74) is 8.13. The van der Waals surface area contributed by atoms with Crippen LogP contribution in [0.25, 0.3) is 11.3 Å². The Bertz CT molecular complexity index is 485. The summed E-state index contributed by atoms with van der Waals surface area (Å²) in [6.45, 7) is 1.01. The van der Waals surface area contributed by atoms with Crippen LogP contribution < -0.4 is 5.73 Å². The highest BCUT2D eigenvalue weighted by Crippen LogP contribution is 2.29. The Hall–Kier alpha value is -1.77. The number of aryl methyl sites for hydroxylation is 1. The second kappa shape index (κ2) is 3.12. The van der Waals surface area contributed by atoms with Crippen LogP contribution in [0.4, 0.5) is 5.82 Å². The Kier molecular flexibility index (Phi) is 1.78. The summed E-state index contributed by atoms with van der Waals surface area (Å²) in [6, 6.07) is 10.1. The number of nitrogen functional groups attached to an aromatic ring is 1. The molecule has 3 heteroatoms. The number of anilines is 1. The number of nitrogens with zero attached hydrogens (tertiary/aromatic N) is 2. The first-order valence-corrected chi connectivity index (χ1v) is 5.26. The molecule has 0 aliphatic carbocycles. The Morgan fingerprint density at radius 1 is 1.20 bits per heavy atom. The second-order valence-corrected chi connectivity index (χ2v) is 3.88. The lowest BCUT2D eigenvalue weighted by Crippen LogP contribution is -1.99. The van der Waals surface area contributed by atoms with E-state index in [1.807, 2.05) is 18.2 Å². The number of benzene rings is 1. The Morgan fingerprint density at radius 2 is 2.00 bits per heavy atom. The molecule has 1 aromatic carbocycles. The summed E-state index contributed by atoms with van der Waals surface area (Å²) < 4.78 is 2.13. The molecule has 76 valence electrons. The van der Waals surface area contributed by atoms with E-state index in [4.69, 9.17) is 5.73 Å². The number of fused-ring (bicyclic) bond motifs is 1. The van der Waals surface area contributed by atoms with Crippen LogP contribution in [-0.4, -0.2) is 9.55 Å². The average molecular weight is 199 g/mol. The largest absolute Gasteiger partial charge is 0.383 e. The van der Waals surface area contributed by atoms with Crippen LogP contribution in [0.3, 0.4) is 0 Å². The van der Waals surface area contributed by atoms with E-state index < -0.39 is 0 Å². The maximum atomic E-state index is 6.09. The van der Waals surface area contributed by atoms with Crippen molar-refractivity contribution in [3.8, 4) is 11.3 Å². The SMILES string of the molecule is Nc1c(-c2ccccc2)nc2n1CCC2. The minimum absolute atomic E-state index is 0.814. The van der Waals surface area contributed by atoms with Crippen LogP contribution in [0.5, 0.6) is 0 Å². The molecule has 2 aromatic rings. The van der Waals surface area contributed by atoms with Crippen molar-refractivity contribution in [2.24, 2.45) is 0 Å². The van der Waals surface area contributed by atoms with E-state index in [0.717, 1.165) is 35.9 Å². The number of imidazole rings is 1. The zero-order valence-electron chi connectivity index (χ0n) is 8.48. The van der Waals surface area contributed by atoms with Crippen molar-refractivity contribution in [2.75, 3.05) is 5.73 Å². The van der Waals surface area contributed by atoms with Gasteiger partial charge in [-0.3, -0.25) is 0 Å². The van der Waals surface area contributed by atoms with Gasteiger partial charge in [-0.1, -0.05) is 30.3 Å². The van der Waals surface area contributed by atoms with Gasteiger partial charge in [0.25, 0.3) is 0 Å². The predicted molar refractivity (Wildman–Crippen MR) is 60.4 cm³/mol. The molecule has 0 fully saturated rings. The molecule has 3 nitrogen and oxygen atoms in total. The number of aromatic nitrogens is 2. The summed E-state index contributed by atoms with van der Waals surface area (Å²) in [4.78, 5) is 4.60. The summed E-state index contributed by atoms with van der Waals surface area (Å²) in [7, 11) is 0. The minimum Gasteiger partial charge on any atom is -0.383 e. The van der Waals surface area contributed by atoms with E-state index in [-0.39, 0.29) is 0 Å². The van der Waals surface area contributed by atoms with Crippen molar-refractivity contribution < 1.29 is 0 Å². The van der Waals surface area contributed by atoms with Crippen LogP contribution in [0.1, 0.15) is 12.2 Å². The van der Waals surface area contributed by atoms with Gasteiger partial charge in [0.15, 0.2) is 0 Å². The summed E-state index contributed by atoms with van der Waals surface area (Å²) in [5.74, 6) is 1.94. The zero-order valence-corrected chi connectivity index (χ0v) is 8.48. The van der Waals surface area contributed by atoms with Gasteiger partial charge in [0.2, 0.25) is 0 Å². The molecule has 3 rings (SSSR count). The highest BCUT2D eigenvalue weighted by atomic mass is 15.2. The smallest absolute Gasteiger partial charge is 0.131 e. The molecule has 2 heterocycles. The van der Waals surface area contributed by atoms with E-state index in [1.54, 1.807) is 0 Å². The van der Waals surface area contributed by atoms with E-state index in [1.165, 1.54) is 6.42 Å². The van der Waals surface area contributed by atoms with E-state index in [9.17, 15) is 0 Å². The first-order chi connectivity index (χ1) is 7.36. The fourth-order valence-electron chi connectivity index (χ4n) is 2.16. The third kappa shape index (κ3) is 1.23. The third-order valence-corrected chi connectivity index (χ3v) is 2.92. The number of nitrogens with two attached hydrogens (primary N) is 1. The summed E-state index contributed by atoms with van der Waals surface area (Å²) >= 11 is 0. The summed E-state index contributed by atoms with van der Waals surface area (Å²) in [5, 5.41) is 0. The average Bonchev–Trinajstić information content (AvgIpc) is 2.83. The van der Waals surface area contributed by atoms with E-state index in [0.29, 0.717) is 0 Å². The van der Waals surface area contributed by atoms with Crippen molar-refractivity contribution >= 4 is 5.82 Å². The van der Waals surface area contributed by atoms with Crippen molar-refractivity contribution in [2.45, 2.75) is 19.4 Å². The third-order valence-electron chi connectivity index (χ3n) is 2.92. The predicted octanol–water partition coefficient (Wildman–Crippen LogP) is 2.08. The molecule has 0 bridgehead atoms. The van der Waals surface area contributed by atoms with E-state index in [2.05, 4.69) is 21.7 Å². The molecule has 0 radical (unpaired) electrons. The molecule has 2 N–H and O–H groups in total. The van der Waals surface area contributed by atoms with Gasteiger partial charge in [-0.2, -0.15) is 0 Å². The van der Waals surface area contributed by atoms with Gasteiger partial charge in [-0.15, -0.1) is 0 Å². The molecule has 0 saturated carbocycles. The van der Waals surface area contributed by atoms with Gasteiger partial charge in [0.1, 0.15) is 17.3 Å². The molecule has 15 heavy (non-hydrogen) atoms. The Labute approximate surface area is 88.6 Å². The maximum Gasteiger partial charge on any atom is 0.131 e. The van der Waals surface area contributed by atoms with Crippen molar-refractivity contribution in [3.05, 3.63) is 36.2 Å². The van der Waals surface area contributed by atoms with Crippen LogP contribution >= 0.6 is 0 Å². The maximum absolute atomic E-state index is 6.09. The molecular weight excluding hydrogens is 186 g/mol. The van der Waals surface area contributed by atoms with Gasteiger partial charge in [0, 0.05) is 18.5 Å². The fraction of sp³-hybridized carbons (Fsp3) is 0.250. The lowest BCUT2D eigenvalue weighted by atomic mass is 10.1. The fourth-order valence-corrected chi connectivity index (χ4v) is 2.16. The number of hydrogen-bond acceptors (Lipinski definition) is 2. The minimum atomic E-state index is 0.814. The van der Waals surface area contributed by atoms with Crippen molar-refractivity contribution in [1.29, 1.82) is 0 Å². The van der Waals surface area contributed by atoms with Crippen LogP contribution in [0, 0.1) is 0 Å². The highest BCUT2D eigenvalue weighted by Gasteiger charge is 2.19. The molecule has 0 saturated heterocycles. The molecule has 1 aliphatic rings. The van der Waals surface area contributed by atoms with Gasteiger partial charge >= 0.3 is 0 Å². The first-order valence-electron chi connectivity index (χ1n) is 5.26. The topological polar surface area (TPSA) is 43.8 Å². The number of hydrogen-bond donors (Lipinski definition) is 1. The zero-order chi connectivity index (χ0) is 10.3.